The van der Waals surface area contributed by atoms with Crippen molar-refractivity contribution in [2.45, 2.75) is 346 Å². The van der Waals surface area contributed by atoms with E-state index in [1.807, 2.05) is 0 Å². The summed E-state index contributed by atoms with van der Waals surface area (Å²) in [6.07, 6.45) is 66.0. The number of carbonyl (C=O) groups is 4. The van der Waals surface area contributed by atoms with Crippen molar-refractivity contribution >= 4 is 40.5 Å². The maximum absolute atomic E-state index is 13.0. The van der Waals surface area contributed by atoms with Crippen LogP contribution in [0.15, 0.2) is 36.5 Å². The van der Waals surface area contributed by atoms with Crippen molar-refractivity contribution < 1.29 is 80.2 Å². The molecule has 0 amide bonds. The molecule has 5 atom stereocenters. The second-order valence-electron chi connectivity index (χ2n) is 25.1. The molecule has 0 spiro atoms. The molecule has 17 nitrogen and oxygen atoms in total. The van der Waals surface area contributed by atoms with Crippen molar-refractivity contribution in [2.75, 3.05) is 59.5 Å². The molecule has 0 aromatic heterocycles. The van der Waals surface area contributed by atoms with Crippen LogP contribution in [0.1, 0.15) is 328 Å². The van der Waals surface area contributed by atoms with E-state index >= 15 is 0 Å². The van der Waals surface area contributed by atoms with Crippen molar-refractivity contribution in [3.63, 3.8) is 0 Å². The second-order valence-corrected chi connectivity index (χ2v) is 28.0. The summed E-state index contributed by atoms with van der Waals surface area (Å²) in [4.78, 5) is 65.4. The number of esters is 1. The lowest BCUT2D eigenvalue weighted by atomic mass is 10.0. The summed E-state index contributed by atoms with van der Waals surface area (Å²) in [7, 11) is -9.52. The first kappa shape index (κ1) is 89.8. The molecule has 0 saturated heterocycles. The first-order chi connectivity index (χ1) is 45.0. The highest BCUT2D eigenvalue weighted by molar-refractivity contribution is 7.47. The molecule has 3 N–H and O–H groups in total. The lowest BCUT2D eigenvalue weighted by Crippen LogP contribution is -2.28. The molecule has 0 fully saturated rings. The maximum atomic E-state index is 13.0. The van der Waals surface area contributed by atoms with Crippen molar-refractivity contribution in [1.29, 1.82) is 0 Å². The van der Waals surface area contributed by atoms with E-state index in [0.29, 0.717) is 45.5 Å². The number of phosphoric acid groups is 2. The molecular formula is C73H136O17P2. The van der Waals surface area contributed by atoms with Crippen LogP contribution in [0, 0.1) is 0 Å². The largest absolute Gasteiger partial charge is 0.472 e. The number of hydrogen-bond acceptors (Lipinski definition) is 15. The Morgan fingerprint density at radius 3 is 0.946 bits per heavy atom. The highest BCUT2D eigenvalue weighted by Crippen LogP contribution is 2.45. The molecule has 0 aromatic rings. The molecule has 2 unspecified atom stereocenters. The number of carbonyl (C=O) groups excluding carboxylic acids is 4. The van der Waals surface area contributed by atoms with Crippen LogP contribution < -0.4 is 0 Å². The Hall–Kier alpha value is -2.24. The number of aliphatic hydroxyl groups is 1. The predicted molar refractivity (Wildman–Crippen MR) is 373 cm³/mol. The van der Waals surface area contributed by atoms with Gasteiger partial charge in [-0.1, -0.05) is 217 Å². The van der Waals surface area contributed by atoms with Crippen LogP contribution in [0.2, 0.25) is 0 Å². The summed E-state index contributed by atoms with van der Waals surface area (Å²) in [5.74, 6) is -0.374. The predicted octanol–water partition coefficient (Wildman–Crippen LogP) is 19.7. The van der Waals surface area contributed by atoms with Gasteiger partial charge in [0.05, 0.1) is 33.0 Å². The summed E-state index contributed by atoms with van der Waals surface area (Å²) in [6, 6.07) is 0. The third-order valence-corrected chi connectivity index (χ3v) is 18.1. The molecule has 19 heteroatoms. The smallest absolute Gasteiger partial charge is 0.463 e. The Morgan fingerprint density at radius 2 is 0.609 bits per heavy atom. The number of ether oxygens (including phenoxy) is 4. The fourth-order valence-electron chi connectivity index (χ4n) is 10.4. The van der Waals surface area contributed by atoms with Gasteiger partial charge in [-0.2, -0.15) is 0 Å². The Bertz CT molecular complexity index is 1800. The van der Waals surface area contributed by atoms with Crippen LogP contribution in [-0.2, 0) is 65.4 Å². The zero-order valence-corrected chi connectivity index (χ0v) is 59.9. The van der Waals surface area contributed by atoms with Gasteiger partial charge in [-0.25, -0.2) is 9.13 Å². The molecule has 0 aliphatic carbocycles. The minimum absolute atomic E-state index is 0.148. The number of aliphatic hydroxyl groups excluding tert-OH is 1. The van der Waals surface area contributed by atoms with E-state index in [9.17, 15) is 43.2 Å². The monoisotopic (exact) mass is 1350 g/mol. The standard InChI is InChI=1S/C73H136O17P2/c1-2-3-4-5-6-7-8-15-22-29-36-43-50-57-73(78)86-67-72(85-63-56-49-42-35-28-21-14-11-18-25-32-39-46-53-60-76)69-90-92(81,82)88-65-70(77)64-87-91(79,80)89-68-71(84-62-55-48-41-34-27-20-13-10-17-24-31-38-45-52-59-75)66-83-61-54-47-40-33-26-19-12-9-16-23-30-37-44-51-58-74/h9-14,58-60,70-72,77H,2-8,15-57,61-69H2,1H3,(H,79,80)(H,81,82)/b12-9-,13-10-,14-11-/t70-,71-,72-/m1/s1. The van der Waals surface area contributed by atoms with Crippen LogP contribution in [0.4, 0.5) is 0 Å². The maximum Gasteiger partial charge on any atom is 0.472 e. The summed E-state index contributed by atoms with van der Waals surface area (Å²) in [5.41, 5.74) is 0. The Morgan fingerprint density at radius 1 is 0.337 bits per heavy atom. The van der Waals surface area contributed by atoms with E-state index < -0.39 is 53.8 Å². The lowest BCUT2D eigenvalue weighted by molar-refractivity contribution is -0.149. The summed E-state index contributed by atoms with van der Waals surface area (Å²) in [6.45, 7) is 1.21. The first-order valence-corrected chi connectivity index (χ1v) is 40.1. The molecule has 540 valence electrons. The molecule has 0 heterocycles. The second kappa shape index (κ2) is 71.5. The van der Waals surface area contributed by atoms with Gasteiger partial charge in [0.15, 0.2) is 0 Å². The van der Waals surface area contributed by atoms with Crippen LogP contribution in [-0.4, -0.2) is 117 Å². The third kappa shape index (κ3) is 70.6. The molecule has 0 bridgehead atoms. The minimum atomic E-state index is -4.79. The normalized spacial score (nSPS) is 14.3. The summed E-state index contributed by atoms with van der Waals surface area (Å²) < 4.78 is 70.4. The summed E-state index contributed by atoms with van der Waals surface area (Å²) >= 11 is 0. The van der Waals surface area contributed by atoms with Gasteiger partial charge in [-0.05, 0) is 122 Å². The lowest BCUT2D eigenvalue weighted by Gasteiger charge is -2.21. The van der Waals surface area contributed by atoms with E-state index in [0.717, 1.165) is 237 Å². The van der Waals surface area contributed by atoms with Gasteiger partial charge < -0.3 is 48.2 Å². The fourth-order valence-corrected chi connectivity index (χ4v) is 12.0. The Balaban J connectivity index is 5.09. The Labute approximate surface area is 560 Å². The minimum Gasteiger partial charge on any atom is -0.463 e. The number of unbranched alkanes of at least 4 members (excludes halogenated alkanes) is 42. The van der Waals surface area contributed by atoms with E-state index in [1.54, 1.807) is 0 Å². The average Bonchev–Trinajstić information content (AvgIpc) is 2.91. The quantitative estimate of drug-likeness (QED) is 0.0169. The topological polar surface area (TPSA) is 237 Å². The highest BCUT2D eigenvalue weighted by Gasteiger charge is 2.29. The molecular weight excluding hydrogens is 1210 g/mol. The summed E-state index contributed by atoms with van der Waals surface area (Å²) in [5, 5.41) is 10.6. The molecule has 0 rings (SSSR count). The molecule has 0 saturated carbocycles. The number of rotatable bonds is 77. The van der Waals surface area contributed by atoms with Gasteiger partial charge in [0.25, 0.3) is 0 Å². The van der Waals surface area contributed by atoms with Crippen molar-refractivity contribution in [2.24, 2.45) is 0 Å². The third-order valence-electron chi connectivity index (χ3n) is 16.2. The van der Waals surface area contributed by atoms with Crippen LogP contribution >= 0.6 is 15.6 Å². The molecule has 0 aliphatic rings. The van der Waals surface area contributed by atoms with E-state index in [1.165, 1.54) is 70.6 Å². The Kier molecular flexibility index (Phi) is 69.8. The van der Waals surface area contributed by atoms with Gasteiger partial charge in [0.2, 0.25) is 0 Å². The van der Waals surface area contributed by atoms with Crippen molar-refractivity contribution in [3.05, 3.63) is 36.5 Å². The van der Waals surface area contributed by atoms with E-state index in [4.69, 9.17) is 37.0 Å². The van der Waals surface area contributed by atoms with E-state index in [2.05, 4.69) is 43.4 Å². The number of allylic oxidation sites excluding steroid dienone is 6. The average molecular weight is 1350 g/mol. The first-order valence-electron chi connectivity index (χ1n) is 37.1. The van der Waals surface area contributed by atoms with Gasteiger partial charge in [-0.15, -0.1) is 0 Å². The van der Waals surface area contributed by atoms with Gasteiger partial charge >= 0.3 is 21.6 Å². The van der Waals surface area contributed by atoms with Crippen molar-refractivity contribution in [3.8, 4) is 0 Å². The zero-order chi connectivity index (χ0) is 67.0. The van der Waals surface area contributed by atoms with Crippen LogP contribution in [0.3, 0.4) is 0 Å². The number of hydrogen-bond donors (Lipinski definition) is 3. The van der Waals surface area contributed by atoms with Crippen LogP contribution in [0.5, 0.6) is 0 Å². The molecule has 0 aliphatic heterocycles. The van der Waals surface area contributed by atoms with Gasteiger partial charge in [0, 0.05) is 45.5 Å². The highest BCUT2D eigenvalue weighted by atomic mass is 31.2. The fraction of sp³-hybridized carbons (Fsp3) is 0.863. The number of aldehydes is 3. The SMILES string of the molecule is CCCCCCCCCCCCCCCC(=O)OC[C@H](COP(=O)(O)OC[C@H](O)COP(=O)(O)OC[C@@H](COCCCCCCC/C=C\CCCCCCC=O)OCCCCCCC/C=C\CCCCCCC=O)OCCCCCCC/C=C\CCCCCCC=O. The van der Waals surface area contributed by atoms with Gasteiger partial charge in [-0.3, -0.25) is 22.9 Å². The molecule has 0 radical (unpaired) electrons. The zero-order valence-electron chi connectivity index (χ0n) is 58.1. The van der Waals surface area contributed by atoms with Crippen LogP contribution in [0.25, 0.3) is 0 Å². The number of phosphoric ester groups is 2. The van der Waals surface area contributed by atoms with E-state index in [-0.39, 0.29) is 32.2 Å². The molecule has 92 heavy (non-hydrogen) atoms. The molecule has 0 aromatic carbocycles. The van der Waals surface area contributed by atoms with Gasteiger partial charge in [0.1, 0.15) is 43.8 Å². The van der Waals surface area contributed by atoms with Crippen molar-refractivity contribution in [1.82, 2.24) is 0 Å².